The highest BCUT2D eigenvalue weighted by atomic mass is 16.5. The molecule has 0 aromatic carbocycles. The summed E-state index contributed by atoms with van der Waals surface area (Å²) in [4.78, 5) is 8.31. The molecule has 4 heteroatoms. The van der Waals surface area contributed by atoms with Crippen molar-refractivity contribution in [2.24, 2.45) is 5.92 Å². The number of methoxy groups -OCH3 is 1. The molecule has 1 aromatic heterocycles. The van der Waals surface area contributed by atoms with Crippen LogP contribution in [0.4, 0.5) is 0 Å². The minimum Gasteiger partial charge on any atom is -0.385 e. The van der Waals surface area contributed by atoms with Gasteiger partial charge in [0, 0.05) is 19.9 Å². The first kappa shape index (κ1) is 14.1. The van der Waals surface area contributed by atoms with E-state index in [1.165, 1.54) is 0 Å². The predicted octanol–water partition coefficient (Wildman–Crippen LogP) is 2.19. The molecular formula is C13H23N3O. The first-order valence-electron chi connectivity index (χ1n) is 6.27. The zero-order valence-electron chi connectivity index (χ0n) is 11.0. The van der Waals surface area contributed by atoms with Crippen molar-refractivity contribution < 1.29 is 4.74 Å². The van der Waals surface area contributed by atoms with Crippen LogP contribution in [0.2, 0.25) is 0 Å². The van der Waals surface area contributed by atoms with E-state index in [1.54, 1.807) is 19.6 Å². The van der Waals surface area contributed by atoms with Crippen molar-refractivity contribution in [3.05, 3.63) is 24.3 Å². The molecule has 0 spiro atoms. The summed E-state index contributed by atoms with van der Waals surface area (Å²) in [6, 6.07) is 2.27. The van der Waals surface area contributed by atoms with Crippen LogP contribution in [0.15, 0.2) is 18.6 Å². The van der Waals surface area contributed by atoms with Crippen molar-refractivity contribution in [1.29, 1.82) is 0 Å². The normalized spacial score (nSPS) is 14.5. The quantitative estimate of drug-likeness (QED) is 0.753. The van der Waals surface area contributed by atoms with Crippen LogP contribution in [0.3, 0.4) is 0 Å². The van der Waals surface area contributed by atoms with Crippen LogP contribution in [0.1, 0.15) is 38.4 Å². The van der Waals surface area contributed by atoms with Crippen molar-refractivity contribution in [2.45, 2.75) is 32.7 Å². The number of aromatic nitrogens is 2. The van der Waals surface area contributed by atoms with Gasteiger partial charge in [0.15, 0.2) is 0 Å². The molecule has 2 atom stereocenters. The first-order chi connectivity index (χ1) is 8.29. The minimum absolute atomic E-state index is 0.285. The van der Waals surface area contributed by atoms with Gasteiger partial charge in [-0.3, -0.25) is 0 Å². The van der Waals surface area contributed by atoms with E-state index in [-0.39, 0.29) is 6.04 Å². The lowest BCUT2D eigenvalue weighted by Gasteiger charge is -2.24. The maximum absolute atomic E-state index is 5.14. The Morgan fingerprint density at radius 3 is 2.88 bits per heavy atom. The maximum atomic E-state index is 5.14. The number of nitrogens with zero attached hydrogens (tertiary/aromatic N) is 2. The summed E-state index contributed by atoms with van der Waals surface area (Å²) in [6.45, 7) is 6.20. The second-order valence-corrected chi connectivity index (χ2v) is 4.32. The van der Waals surface area contributed by atoms with Gasteiger partial charge in [0.25, 0.3) is 0 Å². The molecule has 0 amide bonds. The lowest BCUT2D eigenvalue weighted by molar-refractivity contribution is 0.169. The number of rotatable bonds is 8. The van der Waals surface area contributed by atoms with Crippen molar-refractivity contribution in [3.8, 4) is 0 Å². The summed E-state index contributed by atoms with van der Waals surface area (Å²) < 4.78 is 5.14. The van der Waals surface area contributed by atoms with Crippen LogP contribution in [-0.4, -0.2) is 30.2 Å². The Labute approximate surface area is 104 Å². The van der Waals surface area contributed by atoms with Gasteiger partial charge in [0.05, 0.1) is 11.7 Å². The van der Waals surface area contributed by atoms with Crippen LogP contribution in [0, 0.1) is 5.92 Å². The zero-order valence-corrected chi connectivity index (χ0v) is 11.0. The lowest BCUT2D eigenvalue weighted by Crippen LogP contribution is -2.29. The van der Waals surface area contributed by atoms with Crippen LogP contribution >= 0.6 is 0 Å². The van der Waals surface area contributed by atoms with Gasteiger partial charge < -0.3 is 10.1 Å². The van der Waals surface area contributed by atoms with Crippen LogP contribution in [0.5, 0.6) is 0 Å². The van der Waals surface area contributed by atoms with Gasteiger partial charge in [-0.05, 0) is 31.4 Å². The molecule has 4 nitrogen and oxygen atoms in total. The topological polar surface area (TPSA) is 47.0 Å². The molecule has 0 aliphatic heterocycles. The SMILES string of the molecule is CCCNC(c1ccncn1)C(C)CCOC. The van der Waals surface area contributed by atoms with E-state index in [0.717, 1.165) is 31.7 Å². The molecule has 0 radical (unpaired) electrons. The highest BCUT2D eigenvalue weighted by molar-refractivity contribution is 5.06. The molecule has 2 unspecified atom stereocenters. The van der Waals surface area contributed by atoms with E-state index in [2.05, 4.69) is 29.1 Å². The second kappa shape index (κ2) is 8.14. The maximum Gasteiger partial charge on any atom is 0.115 e. The Bertz CT molecular complexity index is 292. The highest BCUT2D eigenvalue weighted by Gasteiger charge is 2.19. The average molecular weight is 237 g/mol. The van der Waals surface area contributed by atoms with E-state index >= 15 is 0 Å². The number of ether oxygens (including phenoxy) is 1. The highest BCUT2D eigenvalue weighted by Crippen LogP contribution is 2.22. The molecule has 1 aromatic rings. The van der Waals surface area contributed by atoms with Gasteiger partial charge in [-0.2, -0.15) is 0 Å². The smallest absolute Gasteiger partial charge is 0.115 e. The van der Waals surface area contributed by atoms with E-state index in [1.807, 2.05) is 6.07 Å². The second-order valence-electron chi connectivity index (χ2n) is 4.32. The monoisotopic (exact) mass is 237 g/mol. The van der Waals surface area contributed by atoms with E-state index in [0.29, 0.717) is 5.92 Å². The standard InChI is InChI=1S/C13H23N3O/c1-4-7-15-13(11(2)6-9-17-3)12-5-8-14-10-16-12/h5,8,10-11,13,15H,4,6-7,9H2,1-3H3. The van der Waals surface area contributed by atoms with Crippen molar-refractivity contribution in [2.75, 3.05) is 20.3 Å². The summed E-state index contributed by atoms with van der Waals surface area (Å²) in [5.74, 6) is 0.497. The summed E-state index contributed by atoms with van der Waals surface area (Å²) in [5, 5.41) is 3.55. The molecular weight excluding hydrogens is 214 g/mol. The van der Waals surface area contributed by atoms with Gasteiger partial charge in [-0.1, -0.05) is 13.8 Å². The Balaban J connectivity index is 2.66. The molecule has 1 N–H and O–H groups in total. The molecule has 96 valence electrons. The summed E-state index contributed by atoms with van der Waals surface area (Å²) in [5.41, 5.74) is 1.07. The molecule has 1 rings (SSSR count). The fraction of sp³-hybridized carbons (Fsp3) is 0.692. The van der Waals surface area contributed by atoms with Crippen LogP contribution in [-0.2, 0) is 4.74 Å². The van der Waals surface area contributed by atoms with E-state index < -0.39 is 0 Å². The van der Waals surface area contributed by atoms with E-state index in [4.69, 9.17) is 4.74 Å². The average Bonchev–Trinajstić information content (AvgIpc) is 2.38. The number of hydrogen-bond acceptors (Lipinski definition) is 4. The third-order valence-corrected chi connectivity index (χ3v) is 2.88. The number of nitrogens with one attached hydrogen (secondary N) is 1. The molecule has 0 aliphatic carbocycles. The zero-order chi connectivity index (χ0) is 12.5. The Hall–Kier alpha value is -1.00. The summed E-state index contributed by atoms with van der Waals surface area (Å²) in [6.07, 6.45) is 5.56. The van der Waals surface area contributed by atoms with Gasteiger partial charge in [0.2, 0.25) is 0 Å². The summed E-state index contributed by atoms with van der Waals surface area (Å²) >= 11 is 0. The van der Waals surface area contributed by atoms with Crippen molar-refractivity contribution in [3.63, 3.8) is 0 Å². The largest absolute Gasteiger partial charge is 0.385 e. The third-order valence-electron chi connectivity index (χ3n) is 2.88. The van der Waals surface area contributed by atoms with Gasteiger partial charge >= 0.3 is 0 Å². The lowest BCUT2D eigenvalue weighted by atomic mass is 9.95. The molecule has 0 bridgehead atoms. The summed E-state index contributed by atoms with van der Waals surface area (Å²) in [7, 11) is 1.74. The van der Waals surface area contributed by atoms with Gasteiger partial charge in [0.1, 0.15) is 6.33 Å². The Kier molecular flexibility index (Phi) is 6.74. The molecule has 0 aliphatic rings. The first-order valence-corrected chi connectivity index (χ1v) is 6.27. The molecule has 17 heavy (non-hydrogen) atoms. The fourth-order valence-corrected chi connectivity index (χ4v) is 1.85. The molecule has 1 heterocycles. The van der Waals surface area contributed by atoms with E-state index in [9.17, 15) is 0 Å². The minimum atomic E-state index is 0.285. The molecule has 0 saturated heterocycles. The number of hydrogen-bond donors (Lipinski definition) is 1. The van der Waals surface area contributed by atoms with Gasteiger partial charge in [-0.15, -0.1) is 0 Å². The third kappa shape index (κ3) is 4.79. The predicted molar refractivity (Wildman–Crippen MR) is 68.7 cm³/mol. The van der Waals surface area contributed by atoms with Crippen LogP contribution < -0.4 is 5.32 Å². The van der Waals surface area contributed by atoms with Crippen LogP contribution in [0.25, 0.3) is 0 Å². The Morgan fingerprint density at radius 1 is 1.47 bits per heavy atom. The fourth-order valence-electron chi connectivity index (χ4n) is 1.85. The van der Waals surface area contributed by atoms with Gasteiger partial charge in [-0.25, -0.2) is 9.97 Å². The molecule has 0 saturated carbocycles. The van der Waals surface area contributed by atoms with Crippen molar-refractivity contribution in [1.82, 2.24) is 15.3 Å². The molecule has 0 fully saturated rings. The Morgan fingerprint density at radius 2 is 2.29 bits per heavy atom. The van der Waals surface area contributed by atoms with Crippen molar-refractivity contribution >= 4 is 0 Å².